The first-order valence-electron chi connectivity index (χ1n) is 7.13. The van der Waals surface area contributed by atoms with Gasteiger partial charge in [0, 0.05) is 12.6 Å². The van der Waals surface area contributed by atoms with E-state index in [1.807, 2.05) is 0 Å². The smallest absolute Gasteiger partial charge is 0.317 e. The van der Waals surface area contributed by atoms with Crippen LogP contribution >= 0.6 is 0 Å². The van der Waals surface area contributed by atoms with Gasteiger partial charge in [-0.1, -0.05) is 19.3 Å². The Kier molecular flexibility index (Phi) is 7.35. The number of hydrogen-bond acceptors (Lipinski definition) is 3. The third kappa shape index (κ3) is 5.82. The molecule has 0 bridgehead atoms. The molecule has 1 aliphatic rings. The Morgan fingerprint density at radius 2 is 1.90 bits per heavy atom. The second kappa shape index (κ2) is 8.76. The van der Waals surface area contributed by atoms with Gasteiger partial charge in [-0.15, -0.1) is 0 Å². The van der Waals surface area contributed by atoms with Gasteiger partial charge in [0.25, 0.3) is 6.43 Å². The molecule has 6 nitrogen and oxygen atoms in total. The number of carboxylic acids is 1. The molecule has 2 unspecified atom stereocenters. The number of hydrogen-bond donors (Lipinski definition) is 3. The van der Waals surface area contributed by atoms with E-state index in [2.05, 4.69) is 5.32 Å². The number of aliphatic hydroxyl groups is 1. The molecule has 1 aliphatic carbocycles. The highest BCUT2D eigenvalue weighted by atomic mass is 19.3. The van der Waals surface area contributed by atoms with E-state index in [1.165, 1.54) is 0 Å². The summed E-state index contributed by atoms with van der Waals surface area (Å²) in [7, 11) is 0. The molecule has 1 rings (SSSR count). The summed E-state index contributed by atoms with van der Waals surface area (Å²) in [6.07, 6.45) is 0.754. The molecular formula is C13H22F2N2O4. The molecule has 1 fully saturated rings. The fraction of sp³-hybridized carbons (Fsp3) is 0.846. The summed E-state index contributed by atoms with van der Waals surface area (Å²) < 4.78 is 24.8. The fourth-order valence-electron chi connectivity index (χ4n) is 2.59. The van der Waals surface area contributed by atoms with Gasteiger partial charge in [0.1, 0.15) is 0 Å². The molecule has 0 saturated heterocycles. The van der Waals surface area contributed by atoms with Crippen LogP contribution in [0.5, 0.6) is 0 Å². The largest absolute Gasteiger partial charge is 0.481 e. The average molecular weight is 308 g/mol. The lowest BCUT2D eigenvalue weighted by Gasteiger charge is -2.28. The van der Waals surface area contributed by atoms with Crippen molar-refractivity contribution in [3.8, 4) is 0 Å². The molecule has 8 heteroatoms. The van der Waals surface area contributed by atoms with E-state index in [9.17, 15) is 23.5 Å². The van der Waals surface area contributed by atoms with Crippen LogP contribution in [0.15, 0.2) is 0 Å². The van der Waals surface area contributed by atoms with Crippen molar-refractivity contribution in [2.45, 2.75) is 44.6 Å². The summed E-state index contributed by atoms with van der Waals surface area (Å²) in [4.78, 5) is 24.1. The molecule has 1 saturated carbocycles. The van der Waals surface area contributed by atoms with Crippen LogP contribution in [-0.2, 0) is 4.79 Å². The Bertz CT molecular complexity index is 355. The lowest BCUT2D eigenvalue weighted by atomic mass is 9.95. The molecule has 122 valence electrons. The molecule has 21 heavy (non-hydrogen) atoms. The maximum atomic E-state index is 12.4. The number of carboxylic acid groups (broad SMARTS) is 1. The van der Waals surface area contributed by atoms with Gasteiger partial charge >= 0.3 is 12.0 Å². The highest BCUT2D eigenvalue weighted by Crippen LogP contribution is 2.24. The van der Waals surface area contributed by atoms with Crippen molar-refractivity contribution in [3.05, 3.63) is 0 Å². The molecule has 2 atom stereocenters. The molecule has 0 aromatic heterocycles. The highest BCUT2D eigenvalue weighted by Gasteiger charge is 2.32. The Hall–Kier alpha value is -1.44. The first kappa shape index (κ1) is 17.6. The van der Waals surface area contributed by atoms with Gasteiger partial charge < -0.3 is 20.4 Å². The SMILES string of the molecule is O=C(O)C1CCCCCC1NC(=O)N(CCO)CC(F)F. The van der Waals surface area contributed by atoms with Crippen molar-refractivity contribution < 1.29 is 28.6 Å². The summed E-state index contributed by atoms with van der Waals surface area (Å²) in [5.41, 5.74) is 0. The van der Waals surface area contributed by atoms with Crippen LogP contribution < -0.4 is 5.32 Å². The van der Waals surface area contributed by atoms with E-state index < -0.39 is 43.5 Å². The van der Waals surface area contributed by atoms with Crippen LogP contribution in [0.2, 0.25) is 0 Å². The summed E-state index contributed by atoms with van der Waals surface area (Å²) in [6, 6.07) is -1.31. The summed E-state index contributed by atoms with van der Waals surface area (Å²) in [6.45, 7) is -1.41. The number of halogens is 2. The van der Waals surface area contributed by atoms with Crippen molar-refractivity contribution in [2.24, 2.45) is 5.92 Å². The number of aliphatic hydroxyl groups excluding tert-OH is 1. The Morgan fingerprint density at radius 3 is 2.48 bits per heavy atom. The van der Waals surface area contributed by atoms with Crippen LogP contribution in [0, 0.1) is 5.92 Å². The van der Waals surface area contributed by atoms with Crippen LogP contribution in [0.1, 0.15) is 32.1 Å². The number of carbonyl (C=O) groups excluding carboxylic acids is 1. The minimum atomic E-state index is -2.70. The predicted molar refractivity (Wildman–Crippen MR) is 71.2 cm³/mol. The van der Waals surface area contributed by atoms with Crippen molar-refractivity contribution >= 4 is 12.0 Å². The van der Waals surface area contributed by atoms with Gasteiger partial charge in [-0.3, -0.25) is 4.79 Å². The molecule has 2 amide bonds. The van der Waals surface area contributed by atoms with Crippen LogP contribution in [-0.4, -0.2) is 59.3 Å². The number of urea groups is 1. The zero-order valence-electron chi connectivity index (χ0n) is 11.8. The predicted octanol–water partition coefficient (Wildman–Crippen LogP) is 1.29. The second-order valence-corrected chi connectivity index (χ2v) is 5.20. The van der Waals surface area contributed by atoms with E-state index in [-0.39, 0.29) is 6.54 Å². The second-order valence-electron chi connectivity index (χ2n) is 5.20. The number of aliphatic carboxylic acids is 1. The van der Waals surface area contributed by atoms with E-state index >= 15 is 0 Å². The van der Waals surface area contributed by atoms with Gasteiger partial charge in [-0.2, -0.15) is 0 Å². The lowest BCUT2D eigenvalue weighted by molar-refractivity contribution is -0.142. The topological polar surface area (TPSA) is 89.9 Å². The van der Waals surface area contributed by atoms with Gasteiger partial charge in [0.2, 0.25) is 0 Å². The molecule has 0 aromatic carbocycles. The molecule has 0 spiro atoms. The minimum Gasteiger partial charge on any atom is -0.481 e. The first-order chi connectivity index (χ1) is 9.95. The Balaban J connectivity index is 2.69. The van der Waals surface area contributed by atoms with Gasteiger partial charge in [-0.05, 0) is 12.8 Å². The third-order valence-electron chi connectivity index (χ3n) is 3.66. The van der Waals surface area contributed by atoms with Crippen LogP contribution in [0.25, 0.3) is 0 Å². The summed E-state index contributed by atoms with van der Waals surface area (Å²) >= 11 is 0. The van der Waals surface area contributed by atoms with E-state index in [0.29, 0.717) is 12.8 Å². The zero-order chi connectivity index (χ0) is 15.8. The minimum absolute atomic E-state index is 0.208. The molecule has 0 aliphatic heterocycles. The maximum absolute atomic E-state index is 12.4. The van der Waals surface area contributed by atoms with E-state index in [1.54, 1.807) is 0 Å². The molecule has 0 heterocycles. The number of nitrogens with one attached hydrogen (secondary N) is 1. The van der Waals surface area contributed by atoms with Crippen molar-refractivity contribution in [1.82, 2.24) is 10.2 Å². The Morgan fingerprint density at radius 1 is 1.24 bits per heavy atom. The average Bonchev–Trinajstić information content (AvgIpc) is 2.63. The number of alkyl halides is 2. The summed E-state index contributed by atoms with van der Waals surface area (Å²) in [5, 5.41) is 20.6. The van der Waals surface area contributed by atoms with Crippen molar-refractivity contribution in [2.75, 3.05) is 19.7 Å². The molecule has 0 radical (unpaired) electrons. The van der Waals surface area contributed by atoms with Gasteiger partial charge in [-0.25, -0.2) is 13.6 Å². The molecular weight excluding hydrogens is 286 g/mol. The third-order valence-corrected chi connectivity index (χ3v) is 3.66. The normalized spacial score (nSPS) is 22.7. The summed E-state index contributed by atoms with van der Waals surface area (Å²) in [5.74, 6) is -1.68. The van der Waals surface area contributed by atoms with Crippen LogP contribution in [0.3, 0.4) is 0 Å². The quantitative estimate of drug-likeness (QED) is 0.645. The number of rotatable bonds is 6. The molecule has 3 N–H and O–H groups in total. The van der Waals surface area contributed by atoms with E-state index in [0.717, 1.165) is 24.2 Å². The van der Waals surface area contributed by atoms with Crippen LogP contribution in [0.4, 0.5) is 13.6 Å². The lowest BCUT2D eigenvalue weighted by Crippen LogP contribution is -2.50. The Labute approximate surface area is 122 Å². The maximum Gasteiger partial charge on any atom is 0.317 e. The molecule has 0 aromatic rings. The number of carbonyl (C=O) groups is 2. The standard InChI is InChI=1S/C13H22F2N2O4/c14-11(15)8-17(6-7-18)13(21)16-10-5-3-1-2-4-9(10)12(19)20/h9-11,18H,1-8H2,(H,16,21)(H,19,20). The number of nitrogens with zero attached hydrogens (tertiary/aromatic N) is 1. The number of amides is 2. The van der Waals surface area contributed by atoms with Gasteiger partial charge in [0.15, 0.2) is 0 Å². The highest BCUT2D eigenvalue weighted by molar-refractivity contribution is 5.77. The first-order valence-corrected chi connectivity index (χ1v) is 7.13. The van der Waals surface area contributed by atoms with Crippen molar-refractivity contribution in [1.29, 1.82) is 0 Å². The van der Waals surface area contributed by atoms with Gasteiger partial charge in [0.05, 0.1) is 19.1 Å². The zero-order valence-corrected chi connectivity index (χ0v) is 11.8. The fourth-order valence-corrected chi connectivity index (χ4v) is 2.59. The van der Waals surface area contributed by atoms with E-state index in [4.69, 9.17) is 5.11 Å². The van der Waals surface area contributed by atoms with Crippen molar-refractivity contribution in [3.63, 3.8) is 0 Å². The monoisotopic (exact) mass is 308 g/mol.